The number of hydrogen-bond acceptors (Lipinski definition) is 8. The van der Waals surface area contributed by atoms with Crippen LogP contribution in [0.3, 0.4) is 0 Å². The summed E-state index contributed by atoms with van der Waals surface area (Å²) in [5.74, 6) is -1.30. The highest BCUT2D eigenvalue weighted by atomic mass is 32.2. The zero-order valence-corrected chi connectivity index (χ0v) is 29.0. The van der Waals surface area contributed by atoms with Crippen molar-refractivity contribution in [1.29, 1.82) is 0 Å². The highest BCUT2D eigenvalue weighted by Gasteiger charge is 2.49. The number of phenols is 1. The summed E-state index contributed by atoms with van der Waals surface area (Å²) < 4.78 is 11.1. The highest BCUT2D eigenvalue weighted by molar-refractivity contribution is 7.98. The van der Waals surface area contributed by atoms with E-state index in [1.165, 1.54) is 22.7 Å². The molecule has 0 aliphatic heterocycles. The quantitative estimate of drug-likeness (QED) is 0.245. The summed E-state index contributed by atoms with van der Waals surface area (Å²) in [7, 11) is 0. The zero-order chi connectivity index (χ0) is 34.2. The summed E-state index contributed by atoms with van der Waals surface area (Å²) >= 11 is 1.52. The Bertz CT molecular complexity index is 1360. The number of carbonyl (C=O) groups excluding carboxylic acids is 4. The predicted octanol–water partition coefficient (Wildman–Crippen LogP) is 5.39. The van der Waals surface area contributed by atoms with Gasteiger partial charge < -0.3 is 30.1 Å². The molecule has 1 aliphatic rings. The van der Waals surface area contributed by atoms with Gasteiger partial charge in [-0.15, -0.1) is 0 Å². The van der Waals surface area contributed by atoms with Crippen LogP contribution in [0.2, 0.25) is 0 Å². The van der Waals surface area contributed by atoms with Gasteiger partial charge in [0.25, 0.3) is 0 Å². The molecule has 10 nitrogen and oxygen atoms in total. The first-order chi connectivity index (χ1) is 21.5. The van der Waals surface area contributed by atoms with Crippen molar-refractivity contribution in [2.45, 2.75) is 103 Å². The van der Waals surface area contributed by atoms with Gasteiger partial charge in [-0.1, -0.05) is 55.5 Å². The fourth-order valence-electron chi connectivity index (χ4n) is 5.10. The predicted molar refractivity (Wildman–Crippen MR) is 179 cm³/mol. The first-order valence-corrected chi connectivity index (χ1v) is 17.1. The summed E-state index contributed by atoms with van der Waals surface area (Å²) in [6.45, 7) is 12.4. The lowest BCUT2D eigenvalue weighted by atomic mass is 9.99. The molecule has 1 fully saturated rings. The standard InChI is InChI=1S/C35H49N3O7S/c1-22-20-27(22)38(31(41)25(18-19-46-8)37-33(43)45-35(5,6)7)29(24-16-12-13-17-28(24)39)30(40)36-26(32(42)44-34(2,3)4)21-23-14-10-9-11-15-23/h9-17,22,25-27,29,39H,18-21H2,1-8H3,(H,36,40)(H,37,43). The number of esters is 1. The van der Waals surface area contributed by atoms with E-state index < -0.39 is 53.2 Å². The van der Waals surface area contributed by atoms with Gasteiger partial charge in [0.1, 0.15) is 35.1 Å². The van der Waals surface area contributed by atoms with Crippen LogP contribution in [-0.4, -0.2) is 75.2 Å². The van der Waals surface area contributed by atoms with Crippen molar-refractivity contribution >= 4 is 35.6 Å². The van der Waals surface area contributed by atoms with Crippen molar-refractivity contribution in [3.63, 3.8) is 0 Å². The molecule has 1 saturated carbocycles. The molecule has 0 radical (unpaired) electrons. The number of nitrogens with one attached hydrogen (secondary N) is 2. The minimum atomic E-state index is -1.30. The molecule has 0 bridgehead atoms. The van der Waals surface area contributed by atoms with Crippen molar-refractivity contribution < 1.29 is 33.8 Å². The third-order valence-corrected chi connectivity index (χ3v) is 7.97. The van der Waals surface area contributed by atoms with E-state index >= 15 is 0 Å². The van der Waals surface area contributed by atoms with Crippen molar-refractivity contribution in [3.8, 4) is 5.75 Å². The number of amides is 3. The molecule has 2 aromatic carbocycles. The molecular formula is C35H49N3O7S. The lowest BCUT2D eigenvalue weighted by Gasteiger charge is -2.36. The second-order valence-electron chi connectivity index (χ2n) is 13.8. The Kier molecular flexibility index (Phi) is 12.5. The van der Waals surface area contributed by atoms with Crippen LogP contribution in [-0.2, 0) is 30.3 Å². The van der Waals surface area contributed by atoms with Crippen LogP contribution in [0, 0.1) is 5.92 Å². The lowest BCUT2D eigenvalue weighted by Crippen LogP contribution is -2.56. The average molecular weight is 656 g/mol. The van der Waals surface area contributed by atoms with E-state index in [1.54, 1.807) is 59.7 Å². The van der Waals surface area contributed by atoms with Gasteiger partial charge in [-0.2, -0.15) is 11.8 Å². The fraction of sp³-hybridized carbons (Fsp3) is 0.543. The minimum Gasteiger partial charge on any atom is -0.508 e. The number of rotatable bonds is 13. The Morgan fingerprint density at radius 3 is 2.04 bits per heavy atom. The normalized spacial score (nSPS) is 18.0. The zero-order valence-electron chi connectivity index (χ0n) is 28.2. The number of alkyl carbamates (subject to hydrolysis) is 1. The molecule has 2 aromatic rings. The summed E-state index contributed by atoms with van der Waals surface area (Å²) in [4.78, 5) is 56.7. The molecule has 11 heteroatoms. The van der Waals surface area contributed by atoms with Crippen LogP contribution in [0.4, 0.5) is 4.79 Å². The van der Waals surface area contributed by atoms with E-state index in [4.69, 9.17) is 9.47 Å². The van der Waals surface area contributed by atoms with Crippen LogP contribution in [0.15, 0.2) is 54.6 Å². The van der Waals surface area contributed by atoms with Gasteiger partial charge >= 0.3 is 12.1 Å². The third kappa shape index (κ3) is 11.0. The monoisotopic (exact) mass is 655 g/mol. The van der Waals surface area contributed by atoms with Crippen molar-refractivity contribution in [3.05, 3.63) is 65.7 Å². The minimum absolute atomic E-state index is 0.0683. The molecule has 3 N–H and O–H groups in total. The van der Waals surface area contributed by atoms with E-state index in [2.05, 4.69) is 10.6 Å². The summed E-state index contributed by atoms with van der Waals surface area (Å²) in [5.41, 5.74) is -0.580. The largest absolute Gasteiger partial charge is 0.508 e. The highest BCUT2D eigenvalue weighted by Crippen LogP contribution is 2.42. The van der Waals surface area contributed by atoms with Gasteiger partial charge in [0.05, 0.1) is 0 Å². The molecular weight excluding hydrogens is 606 g/mol. The summed E-state index contributed by atoms with van der Waals surface area (Å²) in [6, 6.07) is 11.9. The van der Waals surface area contributed by atoms with Crippen LogP contribution < -0.4 is 10.6 Å². The Morgan fingerprint density at radius 1 is 0.913 bits per heavy atom. The number of carbonyl (C=O) groups is 4. The number of aromatic hydroxyl groups is 1. The first kappa shape index (κ1) is 36.7. The molecule has 252 valence electrons. The van der Waals surface area contributed by atoms with Gasteiger partial charge in [-0.3, -0.25) is 9.59 Å². The van der Waals surface area contributed by atoms with Gasteiger partial charge in [0, 0.05) is 18.0 Å². The number of phenolic OH excluding ortho intramolecular Hbond substituents is 1. The molecule has 0 heterocycles. The number of ether oxygens (including phenoxy) is 2. The maximum Gasteiger partial charge on any atom is 0.408 e. The number of benzene rings is 2. The Morgan fingerprint density at radius 2 is 1.50 bits per heavy atom. The number of hydrogen-bond donors (Lipinski definition) is 3. The van der Waals surface area contributed by atoms with Gasteiger partial charge in [-0.25, -0.2) is 9.59 Å². The molecule has 5 atom stereocenters. The topological polar surface area (TPSA) is 134 Å². The first-order valence-electron chi connectivity index (χ1n) is 15.7. The maximum atomic E-state index is 14.5. The van der Waals surface area contributed by atoms with E-state index in [0.29, 0.717) is 18.6 Å². The fourth-order valence-corrected chi connectivity index (χ4v) is 5.57. The molecule has 0 aromatic heterocycles. The molecule has 0 spiro atoms. The molecule has 0 saturated heterocycles. The van der Waals surface area contributed by atoms with E-state index in [0.717, 1.165) is 5.56 Å². The van der Waals surface area contributed by atoms with Crippen LogP contribution in [0.5, 0.6) is 5.75 Å². The van der Waals surface area contributed by atoms with E-state index in [1.807, 2.05) is 43.5 Å². The lowest BCUT2D eigenvalue weighted by molar-refractivity contribution is -0.159. The molecule has 1 aliphatic carbocycles. The van der Waals surface area contributed by atoms with Crippen LogP contribution in [0.25, 0.3) is 0 Å². The Hall–Kier alpha value is -3.73. The summed E-state index contributed by atoms with van der Waals surface area (Å²) in [6.07, 6.45) is 2.23. The molecule has 3 amide bonds. The Labute approximate surface area is 277 Å². The SMILES string of the molecule is CSCCC(NC(=O)OC(C)(C)C)C(=O)N(C(C(=O)NC(Cc1ccccc1)C(=O)OC(C)(C)C)c1ccccc1O)C1CC1C. The maximum absolute atomic E-state index is 14.5. The van der Waals surface area contributed by atoms with Gasteiger partial charge in [-0.05, 0) is 83.9 Å². The second kappa shape index (κ2) is 15.7. The number of nitrogens with zero attached hydrogens (tertiary/aromatic N) is 1. The van der Waals surface area contributed by atoms with Crippen LogP contribution >= 0.6 is 11.8 Å². The van der Waals surface area contributed by atoms with Crippen molar-refractivity contribution in [2.75, 3.05) is 12.0 Å². The molecule has 5 unspecified atom stereocenters. The number of para-hydroxylation sites is 1. The van der Waals surface area contributed by atoms with Crippen molar-refractivity contribution in [1.82, 2.24) is 15.5 Å². The number of thioether (sulfide) groups is 1. The average Bonchev–Trinajstić information content (AvgIpc) is 3.67. The third-order valence-electron chi connectivity index (χ3n) is 7.33. The second-order valence-corrected chi connectivity index (χ2v) is 14.7. The van der Waals surface area contributed by atoms with Crippen LogP contribution in [0.1, 0.15) is 78.5 Å². The van der Waals surface area contributed by atoms with E-state index in [-0.39, 0.29) is 29.7 Å². The Balaban J connectivity index is 2.06. The summed E-state index contributed by atoms with van der Waals surface area (Å²) in [5, 5.41) is 16.6. The smallest absolute Gasteiger partial charge is 0.408 e. The van der Waals surface area contributed by atoms with Crippen molar-refractivity contribution in [2.24, 2.45) is 5.92 Å². The van der Waals surface area contributed by atoms with Gasteiger partial charge in [0.2, 0.25) is 11.8 Å². The molecule has 46 heavy (non-hydrogen) atoms. The van der Waals surface area contributed by atoms with E-state index in [9.17, 15) is 24.3 Å². The van der Waals surface area contributed by atoms with Gasteiger partial charge in [0.15, 0.2) is 0 Å². The molecule has 3 rings (SSSR count).